The van der Waals surface area contributed by atoms with E-state index >= 15 is 0 Å². The fourth-order valence-corrected chi connectivity index (χ4v) is 3.00. The van der Waals surface area contributed by atoms with E-state index in [0.29, 0.717) is 19.6 Å². The molecule has 1 aromatic carbocycles. The predicted molar refractivity (Wildman–Crippen MR) is 97.9 cm³/mol. The van der Waals surface area contributed by atoms with Crippen molar-refractivity contribution in [3.05, 3.63) is 58.0 Å². The number of nitrogens with one attached hydrogen (secondary N) is 1. The standard InChI is InChI=1S/C19H22N4O3/c1-13-3-6-16(7-4-13)22-12-15(11-18(22)25)19(26)20-9-10-23-17(24)8-5-14(2)21-23/h3-8,15H,9-12H2,1-2H3,(H,20,26). The Hall–Kier alpha value is -2.96. The summed E-state index contributed by atoms with van der Waals surface area (Å²) in [5, 5.41) is 6.93. The number of nitrogens with zero attached hydrogens (tertiary/aromatic N) is 3. The van der Waals surface area contributed by atoms with E-state index < -0.39 is 0 Å². The van der Waals surface area contributed by atoms with Crippen molar-refractivity contribution in [2.45, 2.75) is 26.8 Å². The van der Waals surface area contributed by atoms with Crippen molar-refractivity contribution in [1.82, 2.24) is 15.1 Å². The van der Waals surface area contributed by atoms with Crippen molar-refractivity contribution < 1.29 is 9.59 Å². The van der Waals surface area contributed by atoms with Crippen LogP contribution in [0.25, 0.3) is 0 Å². The number of hydrogen-bond donors (Lipinski definition) is 1. The molecule has 1 aliphatic heterocycles. The molecule has 0 radical (unpaired) electrons. The Balaban J connectivity index is 1.55. The van der Waals surface area contributed by atoms with E-state index in [2.05, 4.69) is 10.4 Å². The lowest BCUT2D eigenvalue weighted by atomic mass is 10.1. The van der Waals surface area contributed by atoms with E-state index in [1.54, 1.807) is 17.9 Å². The van der Waals surface area contributed by atoms with Gasteiger partial charge in [-0.25, -0.2) is 4.68 Å². The van der Waals surface area contributed by atoms with Crippen molar-refractivity contribution in [1.29, 1.82) is 0 Å². The molecule has 1 unspecified atom stereocenters. The average Bonchev–Trinajstić information content (AvgIpc) is 3.00. The van der Waals surface area contributed by atoms with E-state index in [9.17, 15) is 14.4 Å². The molecule has 136 valence electrons. The highest BCUT2D eigenvalue weighted by atomic mass is 16.2. The van der Waals surface area contributed by atoms with Crippen LogP contribution in [-0.4, -0.2) is 34.7 Å². The van der Waals surface area contributed by atoms with Crippen LogP contribution in [0.15, 0.2) is 41.2 Å². The zero-order valence-corrected chi connectivity index (χ0v) is 14.9. The van der Waals surface area contributed by atoms with Gasteiger partial charge in [-0.15, -0.1) is 0 Å². The van der Waals surface area contributed by atoms with E-state index in [1.165, 1.54) is 10.7 Å². The van der Waals surface area contributed by atoms with E-state index in [0.717, 1.165) is 16.9 Å². The molecule has 0 saturated carbocycles. The second kappa shape index (κ2) is 7.51. The number of carbonyl (C=O) groups excluding carboxylic acids is 2. The molecule has 3 rings (SSSR count). The highest BCUT2D eigenvalue weighted by molar-refractivity contribution is 6.00. The fraction of sp³-hybridized carbons (Fsp3) is 0.368. The number of aromatic nitrogens is 2. The summed E-state index contributed by atoms with van der Waals surface area (Å²) >= 11 is 0. The molecule has 0 spiro atoms. The summed E-state index contributed by atoms with van der Waals surface area (Å²) in [5.41, 5.74) is 2.47. The number of anilines is 1. The van der Waals surface area contributed by atoms with Crippen LogP contribution in [0.4, 0.5) is 5.69 Å². The fourth-order valence-electron chi connectivity index (χ4n) is 3.00. The van der Waals surface area contributed by atoms with Gasteiger partial charge in [0.1, 0.15) is 0 Å². The Morgan fingerprint density at radius 3 is 2.62 bits per heavy atom. The Kier molecular flexibility index (Phi) is 5.16. The second-order valence-electron chi connectivity index (χ2n) is 6.57. The lowest BCUT2D eigenvalue weighted by Gasteiger charge is -2.17. The Labute approximate surface area is 151 Å². The molecule has 2 aromatic rings. The van der Waals surface area contributed by atoms with Gasteiger partial charge in [-0.2, -0.15) is 5.10 Å². The van der Waals surface area contributed by atoms with Gasteiger partial charge in [-0.3, -0.25) is 14.4 Å². The van der Waals surface area contributed by atoms with Crippen molar-refractivity contribution in [2.75, 3.05) is 18.0 Å². The summed E-state index contributed by atoms with van der Waals surface area (Å²) in [7, 11) is 0. The van der Waals surface area contributed by atoms with Crippen molar-refractivity contribution >= 4 is 17.5 Å². The van der Waals surface area contributed by atoms with Crippen LogP contribution in [0, 0.1) is 19.8 Å². The third-order valence-corrected chi connectivity index (χ3v) is 4.46. The van der Waals surface area contributed by atoms with Crippen LogP contribution in [-0.2, 0) is 16.1 Å². The minimum absolute atomic E-state index is 0.0504. The van der Waals surface area contributed by atoms with Gasteiger partial charge in [0.25, 0.3) is 5.56 Å². The SMILES string of the molecule is Cc1ccc(N2CC(C(=O)NCCn3nc(C)ccc3=O)CC2=O)cc1. The molecular weight excluding hydrogens is 332 g/mol. The van der Waals surface area contributed by atoms with Crippen LogP contribution >= 0.6 is 0 Å². The molecule has 1 saturated heterocycles. The van der Waals surface area contributed by atoms with E-state index in [1.807, 2.05) is 31.2 Å². The number of hydrogen-bond acceptors (Lipinski definition) is 4. The molecule has 2 amide bonds. The molecule has 1 atom stereocenters. The minimum Gasteiger partial charge on any atom is -0.354 e. The van der Waals surface area contributed by atoms with Gasteiger partial charge in [0, 0.05) is 31.3 Å². The van der Waals surface area contributed by atoms with Crippen LogP contribution < -0.4 is 15.8 Å². The first-order valence-corrected chi connectivity index (χ1v) is 8.63. The van der Waals surface area contributed by atoms with Gasteiger partial charge in [0.2, 0.25) is 11.8 Å². The van der Waals surface area contributed by atoms with Gasteiger partial charge in [-0.1, -0.05) is 17.7 Å². The zero-order chi connectivity index (χ0) is 18.7. The molecule has 7 heteroatoms. The second-order valence-corrected chi connectivity index (χ2v) is 6.57. The van der Waals surface area contributed by atoms with E-state index in [-0.39, 0.29) is 29.7 Å². The maximum absolute atomic E-state index is 12.4. The van der Waals surface area contributed by atoms with Crippen LogP contribution in [0.3, 0.4) is 0 Å². The molecule has 1 fully saturated rings. The van der Waals surface area contributed by atoms with Crippen molar-refractivity contribution in [3.8, 4) is 0 Å². The first kappa shape index (κ1) is 17.8. The van der Waals surface area contributed by atoms with Crippen LogP contribution in [0.5, 0.6) is 0 Å². The number of amides is 2. The third kappa shape index (κ3) is 3.99. The lowest BCUT2D eigenvalue weighted by Crippen LogP contribution is -2.36. The van der Waals surface area contributed by atoms with Gasteiger partial charge in [0.05, 0.1) is 18.2 Å². The van der Waals surface area contributed by atoms with Gasteiger partial charge in [-0.05, 0) is 32.0 Å². The zero-order valence-electron chi connectivity index (χ0n) is 14.9. The molecule has 7 nitrogen and oxygen atoms in total. The molecule has 1 aromatic heterocycles. The Bertz CT molecular complexity index is 873. The van der Waals surface area contributed by atoms with Gasteiger partial charge >= 0.3 is 0 Å². The predicted octanol–water partition coefficient (Wildman–Crippen LogP) is 1.03. The van der Waals surface area contributed by atoms with Crippen molar-refractivity contribution in [3.63, 3.8) is 0 Å². The molecule has 0 bridgehead atoms. The van der Waals surface area contributed by atoms with Crippen LogP contribution in [0.1, 0.15) is 17.7 Å². The highest BCUT2D eigenvalue weighted by Gasteiger charge is 2.34. The average molecular weight is 354 g/mol. The summed E-state index contributed by atoms with van der Waals surface area (Å²) in [6, 6.07) is 10.8. The molecule has 1 N–H and O–H groups in total. The van der Waals surface area contributed by atoms with Gasteiger partial charge in [0.15, 0.2) is 0 Å². The first-order valence-electron chi connectivity index (χ1n) is 8.63. The number of benzene rings is 1. The molecular formula is C19H22N4O3. The highest BCUT2D eigenvalue weighted by Crippen LogP contribution is 2.25. The smallest absolute Gasteiger partial charge is 0.266 e. The summed E-state index contributed by atoms with van der Waals surface area (Å²) in [6.45, 7) is 4.76. The normalized spacial score (nSPS) is 16.8. The Morgan fingerprint density at radius 1 is 1.15 bits per heavy atom. The first-order chi connectivity index (χ1) is 12.4. The number of aryl methyl sites for hydroxylation is 2. The van der Waals surface area contributed by atoms with Crippen LogP contribution in [0.2, 0.25) is 0 Å². The largest absolute Gasteiger partial charge is 0.354 e. The number of rotatable bonds is 5. The summed E-state index contributed by atoms with van der Waals surface area (Å²) < 4.78 is 1.33. The minimum atomic E-state index is -0.383. The molecule has 26 heavy (non-hydrogen) atoms. The maximum atomic E-state index is 12.4. The van der Waals surface area contributed by atoms with Crippen molar-refractivity contribution in [2.24, 2.45) is 5.92 Å². The Morgan fingerprint density at radius 2 is 1.88 bits per heavy atom. The maximum Gasteiger partial charge on any atom is 0.266 e. The molecule has 2 heterocycles. The quantitative estimate of drug-likeness (QED) is 0.869. The topological polar surface area (TPSA) is 84.3 Å². The molecule has 1 aliphatic rings. The lowest BCUT2D eigenvalue weighted by molar-refractivity contribution is -0.126. The summed E-state index contributed by atoms with van der Waals surface area (Å²) in [4.78, 5) is 38.0. The third-order valence-electron chi connectivity index (χ3n) is 4.46. The van der Waals surface area contributed by atoms with E-state index in [4.69, 9.17) is 0 Å². The summed E-state index contributed by atoms with van der Waals surface area (Å²) in [5.74, 6) is -0.606. The number of carbonyl (C=O) groups is 2. The summed E-state index contributed by atoms with van der Waals surface area (Å²) in [6.07, 6.45) is 0.197. The van der Waals surface area contributed by atoms with Gasteiger partial charge < -0.3 is 10.2 Å². The monoisotopic (exact) mass is 354 g/mol. The molecule has 0 aliphatic carbocycles.